The molecule has 2 N–H and O–H groups in total. The van der Waals surface area contributed by atoms with Gasteiger partial charge < -0.3 is 10.3 Å². The fourth-order valence-corrected chi connectivity index (χ4v) is 2.35. The maximum absolute atomic E-state index is 11.3. The first-order valence-corrected chi connectivity index (χ1v) is 6.47. The summed E-state index contributed by atoms with van der Waals surface area (Å²) < 4.78 is 0. The molecule has 1 amide bonds. The van der Waals surface area contributed by atoms with Gasteiger partial charge in [-0.1, -0.05) is 6.07 Å². The summed E-state index contributed by atoms with van der Waals surface area (Å²) in [6, 6.07) is 5.96. The molecule has 2 heterocycles. The molecular weight excluding hydrogens is 246 g/mol. The van der Waals surface area contributed by atoms with Crippen LogP contribution in [0, 0.1) is 0 Å². The molecule has 0 saturated carbocycles. The first-order valence-electron chi connectivity index (χ1n) is 5.84. The van der Waals surface area contributed by atoms with Crippen molar-refractivity contribution in [1.82, 2.24) is 9.97 Å². The molecule has 0 spiro atoms. The number of aromatic amines is 1. The van der Waals surface area contributed by atoms with Crippen molar-refractivity contribution in [3.63, 3.8) is 0 Å². The highest BCUT2D eigenvalue weighted by Crippen LogP contribution is 2.28. The molecule has 92 valence electrons. The van der Waals surface area contributed by atoms with Gasteiger partial charge in [0.2, 0.25) is 5.91 Å². The first-order chi connectivity index (χ1) is 8.76. The molecule has 0 radical (unpaired) electrons. The van der Waals surface area contributed by atoms with Gasteiger partial charge in [-0.2, -0.15) is 12.6 Å². The van der Waals surface area contributed by atoms with E-state index in [1.807, 2.05) is 24.4 Å². The lowest BCUT2D eigenvalue weighted by molar-refractivity contribution is -0.115. The number of amides is 1. The van der Waals surface area contributed by atoms with E-state index in [0.717, 1.165) is 40.5 Å². The summed E-state index contributed by atoms with van der Waals surface area (Å²) in [5, 5.41) is 2.83. The summed E-state index contributed by atoms with van der Waals surface area (Å²) in [6.07, 6.45) is 3.11. The third-order valence-corrected chi connectivity index (χ3v) is 3.24. The molecule has 0 aliphatic carbocycles. The van der Waals surface area contributed by atoms with Gasteiger partial charge >= 0.3 is 0 Å². The zero-order chi connectivity index (χ0) is 12.5. The van der Waals surface area contributed by atoms with E-state index >= 15 is 0 Å². The Kier molecular flexibility index (Phi) is 2.83. The Morgan fingerprint density at radius 1 is 1.39 bits per heavy atom. The van der Waals surface area contributed by atoms with Gasteiger partial charge in [-0.15, -0.1) is 0 Å². The zero-order valence-electron chi connectivity index (χ0n) is 9.73. The van der Waals surface area contributed by atoms with E-state index in [9.17, 15) is 4.79 Å². The number of carbonyl (C=O) groups excluding carboxylic acids is 1. The Morgan fingerprint density at radius 3 is 3.11 bits per heavy atom. The molecule has 1 aliphatic heterocycles. The number of hydrogen-bond donors (Lipinski definition) is 3. The van der Waals surface area contributed by atoms with E-state index < -0.39 is 0 Å². The van der Waals surface area contributed by atoms with Crippen molar-refractivity contribution < 1.29 is 4.79 Å². The van der Waals surface area contributed by atoms with Crippen LogP contribution in [0.15, 0.2) is 24.4 Å². The Labute approximate surface area is 110 Å². The van der Waals surface area contributed by atoms with Crippen LogP contribution < -0.4 is 5.32 Å². The number of nitrogens with one attached hydrogen (secondary N) is 2. The maximum Gasteiger partial charge on any atom is 0.228 e. The molecule has 1 aromatic heterocycles. The number of rotatable bonds is 3. The van der Waals surface area contributed by atoms with Crippen LogP contribution in [0.5, 0.6) is 0 Å². The third kappa shape index (κ3) is 2.01. The summed E-state index contributed by atoms with van der Waals surface area (Å²) in [6.45, 7) is 0. The van der Waals surface area contributed by atoms with Crippen molar-refractivity contribution >= 4 is 24.2 Å². The highest BCUT2D eigenvalue weighted by molar-refractivity contribution is 7.80. The maximum atomic E-state index is 11.3. The standard InChI is InChI=1S/C13H13N3OS/c17-13-6-9-5-8(1-2-10(9)16-13)11-7-14-12(15-11)3-4-18/h1-2,5,7,18H,3-4,6H2,(H,14,15)(H,16,17). The summed E-state index contributed by atoms with van der Waals surface area (Å²) in [4.78, 5) is 18.9. The lowest BCUT2D eigenvalue weighted by atomic mass is 10.1. The summed E-state index contributed by atoms with van der Waals surface area (Å²) in [5.41, 5.74) is 4.00. The van der Waals surface area contributed by atoms with Crippen molar-refractivity contribution in [2.75, 3.05) is 11.1 Å². The molecule has 0 atom stereocenters. The number of nitrogens with zero attached hydrogens (tertiary/aromatic N) is 1. The fourth-order valence-electron chi connectivity index (χ4n) is 2.14. The Bertz CT molecular complexity index is 606. The van der Waals surface area contributed by atoms with E-state index in [0.29, 0.717) is 6.42 Å². The van der Waals surface area contributed by atoms with Gasteiger partial charge in [-0.3, -0.25) is 4.79 Å². The van der Waals surface area contributed by atoms with Gasteiger partial charge in [-0.05, 0) is 29.0 Å². The average molecular weight is 259 g/mol. The number of thiol groups is 1. The Balaban J connectivity index is 1.92. The molecule has 4 nitrogen and oxygen atoms in total. The second-order valence-corrected chi connectivity index (χ2v) is 4.76. The summed E-state index contributed by atoms with van der Waals surface area (Å²) in [7, 11) is 0. The van der Waals surface area contributed by atoms with Crippen molar-refractivity contribution in [3.05, 3.63) is 35.8 Å². The first kappa shape index (κ1) is 11.3. The van der Waals surface area contributed by atoms with E-state index in [2.05, 4.69) is 27.9 Å². The van der Waals surface area contributed by atoms with E-state index in [-0.39, 0.29) is 5.91 Å². The number of benzene rings is 1. The SMILES string of the molecule is O=C1Cc2cc(-c3cnc(CCS)[nH]3)ccc2N1. The molecular formula is C13H13N3OS. The lowest BCUT2D eigenvalue weighted by Gasteiger charge is -2.01. The van der Waals surface area contributed by atoms with Crippen LogP contribution in [0.4, 0.5) is 5.69 Å². The highest BCUT2D eigenvalue weighted by Gasteiger charge is 2.18. The predicted molar refractivity (Wildman–Crippen MR) is 73.9 cm³/mol. The topological polar surface area (TPSA) is 57.8 Å². The van der Waals surface area contributed by atoms with Gasteiger partial charge in [0.05, 0.1) is 18.3 Å². The minimum absolute atomic E-state index is 0.0579. The van der Waals surface area contributed by atoms with Gasteiger partial charge in [0.15, 0.2) is 0 Å². The second-order valence-electron chi connectivity index (χ2n) is 4.31. The number of carbonyl (C=O) groups is 1. The van der Waals surface area contributed by atoms with Crippen molar-refractivity contribution in [2.24, 2.45) is 0 Å². The van der Waals surface area contributed by atoms with E-state index in [1.54, 1.807) is 0 Å². The van der Waals surface area contributed by atoms with Crippen LogP contribution in [0.2, 0.25) is 0 Å². The van der Waals surface area contributed by atoms with Crippen LogP contribution in [-0.4, -0.2) is 21.6 Å². The van der Waals surface area contributed by atoms with Crippen LogP contribution >= 0.6 is 12.6 Å². The number of aryl methyl sites for hydroxylation is 1. The van der Waals surface area contributed by atoms with Crippen molar-refractivity contribution in [2.45, 2.75) is 12.8 Å². The summed E-state index contributed by atoms with van der Waals surface area (Å²) >= 11 is 4.19. The van der Waals surface area contributed by atoms with Crippen LogP contribution in [-0.2, 0) is 17.6 Å². The van der Waals surface area contributed by atoms with Crippen LogP contribution in [0.1, 0.15) is 11.4 Å². The fraction of sp³-hybridized carbons (Fsp3) is 0.231. The third-order valence-electron chi connectivity index (χ3n) is 3.02. The molecule has 1 aromatic carbocycles. The van der Waals surface area contributed by atoms with Gasteiger partial charge in [0.25, 0.3) is 0 Å². The zero-order valence-corrected chi connectivity index (χ0v) is 10.6. The number of H-pyrrole nitrogens is 1. The molecule has 0 bridgehead atoms. The van der Waals surface area contributed by atoms with Gasteiger partial charge in [0.1, 0.15) is 5.82 Å². The smallest absolute Gasteiger partial charge is 0.228 e. The second kappa shape index (κ2) is 4.49. The molecule has 1 aliphatic rings. The molecule has 2 aromatic rings. The lowest BCUT2D eigenvalue weighted by Crippen LogP contribution is -2.03. The van der Waals surface area contributed by atoms with Crippen molar-refractivity contribution in [1.29, 1.82) is 0 Å². The van der Waals surface area contributed by atoms with Gasteiger partial charge in [-0.25, -0.2) is 4.98 Å². The predicted octanol–water partition coefficient (Wildman–Crippen LogP) is 2.04. The van der Waals surface area contributed by atoms with Crippen LogP contribution in [0.25, 0.3) is 11.3 Å². The molecule has 3 rings (SSSR count). The number of anilines is 1. The minimum atomic E-state index is 0.0579. The normalized spacial score (nSPS) is 13.5. The Morgan fingerprint density at radius 2 is 2.28 bits per heavy atom. The highest BCUT2D eigenvalue weighted by atomic mass is 32.1. The largest absolute Gasteiger partial charge is 0.342 e. The molecule has 0 unspecified atom stereocenters. The number of hydrogen-bond acceptors (Lipinski definition) is 3. The molecule has 0 fully saturated rings. The average Bonchev–Trinajstić information content (AvgIpc) is 2.93. The van der Waals surface area contributed by atoms with Crippen LogP contribution in [0.3, 0.4) is 0 Å². The number of imidazole rings is 1. The number of aromatic nitrogens is 2. The van der Waals surface area contributed by atoms with E-state index in [1.165, 1.54) is 0 Å². The molecule has 0 saturated heterocycles. The minimum Gasteiger partial charge on any atom is -0.342 e. The monoisotopic (exact) mass is 259 g/mol. The molecule has 18 heavy (non-hydrogen) atoms. The quantitative estimate of drug-likeness (QED) is 0.739. The summed E-state index contributed by atoms with van der Waals surface area (Å²) in [5.74, 6) is 1.77. The Hall–Kier alpha value is -1.75. The van der Waals surface area contributed by atoms with Crippen molar-refractivity contribution in [3.8, 4) is 11.3 Å². The molecule has 5 heteroatoms. The number of fused-ring (bicyclic) bond motifs is 1. The van der Waals surface area contributed by atoms with E-state index in [4.69, 9.17) is 0 Å². The van der Waals surface area contributed by atoms with Gasteiger partial charge in [0, 0.05) is 12.1 Å².